The van der Waals surface area contributed by atoms with Gasteiger partial charge in [-0.1, -0.05) is 0 Å². The smallest absolute Gasteiger partial charge is 0.184 e. The van der Waals surface area contributed by atoms with Gasteiger partial charge in [0.05, 0.1) is 19.9 Å². The summed E-state index contributed by atoms with van der Waals surface area (Å²) in [6, 6.07) is 4.03. The maximum Gasteiger partial charge on any atom is 0.184 e. The molecular weight excluding hydrogens is 240 g/mol. The van der Waals surface area contributed by atoms with Gasteiger partial charge in [0, 0.05) is 36.3 Å². The Morgan fingerprint density at radius 3 is 2.63 bits per heavy atom. The SMILES string of the molecule is COc1cc2cnccc2c(N2CCCC2)c1OC. The number of hydrogen-bond acceptors (Lipinski definition) is 4. The lowest BCUT2D eigenvalue weighted by Crippen LogP contribution is -2.19. The van der Waals surface area contributed by atoms with Crippen molar-refractivity contribution < 1.29 is 9.47 Å². The highest BCUT2D eigenvalue weighted by molar-refractivity contribution is 5.99. The first-order chi connectivity index (χ1) is 9.35. The van der Waals surface area contributed by atoms with Gasteiger partial charge in [-0.2, -0.15) is 0 Å². The van der Waals surface area contributed by atoms with Gasteiger partial charge in [0.2, 0.25) is 0 Å². The molecular formula is C15H18N2O2. The molecule has 0 unspecified atom stereocenters. The van der Waals surface area contributed by atoms with Gasteiger partial charge in [-0.25, -0.2) is 0 Å². The van der Waals surface area contributed by atoms with E-state index in [-0.39, 0.29) is 0 Å². The van der Waals surface area contributed by atoms with Gasteiger partial charge in [-0.3, -0.25) is 4.98 Å². The van der Waals surface area contributed by atoms with Gasteiger partial charge in [-0.15, -0.1) is 0 Å². The summed E-state index contributed by atoms with van der Waals surface area (Å²) < 4.78 is 11.1. The van der Waals surface area contributed by atoms with E-state index in [1.807, 2.05) is 24.5 Å². The average molecular weight is 258 g/mol. The number of pyridine rings is 1. The van der Waals surface area contributed by atoms with Crippen molar-refractivity contribution in [3.8, 4) is 11.5 Å². The Morgan fingerprint density at radius 2 is 1.95 bits per heavy atom. The van der Waals surface area contributed by atoms with Crippen LogP contribution in [-0.4, -0.2) is 32.3 Å². The lowest BCUT2D eigenvalue weighted by Gasteiger charge is -2.24. The number of methoxy groups -OCH3 is 2. The van der Waals surface area contributed by atoms with E-state index in [1.54, 1.807) is 14.2 Å². The van der Waals surface area contributed by atoms with Gasteiger partial charge in [0.15, 0.2) is 11.5 Å². The van der Waals surface area contributed by atoms with E-state index in [4.69, 9.17) is 9.47 Å². The predicted octanol–water partition coefficient (Wildman–Crippen LogP) is 2.85. The summed E-state index contributed by atoms with van der Waals surface area (Å²) in [5, 5.41) is 2.26. The summed E-state index contributed by atoms with van der Waals surface area (Å²) in [4.78, 5) is 6.58. The molecule has 100 valence electrons. The maximum atomic E-state index is 5.60. The molecule has 0 radical (unpaired) electrons. The molecule has 1 aromatic carbocycles. The third kappa shape index (κ3) is 1.97. The Morgan fingerprint density at radius 1 is 1.16 bits per heavy atom. The third-order valence-electron chi connectivity index (χ3n) is 3.68. The average Bonchev–Trinajstić information content (AvgIpc) is 2.98. The molecule has 1 fully saturated rings. The van der Waals surface area contributed by atoms with Crippen molar-refractivity contribution >= 4 is 16.5 Å². The highest BCUT2D eigenvalue weighted by Gasteiger charge is 2.22. The standard InChI is InChI=1S/C15H18N2O2/c1-18-13-9-11-10-16-6-5-12(11)14(15(13)19-2)17-7-3-4-8-17/h5-6,9-10H,3-4,7-8H2,1-2H3. The minimum Gasteiger partial charge on any atom is -0.493 e. The highest BCUT2D eigenvalue weighted by atomic mass is 16.5. The number of aromatic nitrogens is 1. The van der Waals surface area contributed by atoms with Crippen LogP contribution in [0.2, 0.25) is 0 Å². The summed E-state index contributed by atoms with van der Waals surface area (Å²) in [6.07, 6.45) is 6.16. The minimum atomic E-state index is 0.768. The van der Waals surface area contributed by atoms with Crippen molar-refractivity contribution in [1.29, 1.82) is 0 Å². The van der Waals surface area contributed by atoms with Gasteiger partial charge < -0.3 is 14.4 Å². The van der Waals surface area contributed by atoms with Crippen molar-refractivity contribution in [2.24, 2.45) is 0 Å². The summed E-state index contributed by atoms with van der Waals surface area (Å²) >= 11 is 0. The maximum absolute atomic E-state index is 5.60. The molecule has 2 heterocycles. The Labute approximate surface area is 113 Å². The van der Waals surface area contributed by atoms with Crippen LogP contribution in [0.15, 0.2) is 24.5 Å². The first-order valence-electron chi connectivity index (χ1n) is 6.59. The number of nitrogens with zero attached hydrogens (tertiary/aromatic N) is 2. The molecule has 1 saturated heterocycles. The van der Waals surface area contributed by atoms with Crippen molar-refractivity contribution in [1.82, 2.24) is 4.98 Å². The molecule has 4 nitrogen and oxygen atoms in total. The Kier molecular flexibility index (Phi) is 3.15. The first-order valence-corrected chi connectivity index (χ1v) is 6.59. The molecule has 3 rings (SSSR count). The Hall–Kier alpha value is -1.97. The molecule has 0 atom stereocenters. The molecule has 0 amide bonds. The normalized spacial score (nSPS) is 14.9. The van der Waals surface area contributed by atoms with Crippen LogP contribution in [-0.2, 0) is 0 Å². The fourth-order valence-electron chi connectivity index (χ4n) is 2.79. The fraction of sp³-hybridized carbons (Fsp3) is 0.400. The van der Waals surface area contributed by atoms with Crippen molar-refractivity contribution in [3.63, 3.8) is 0 Å². The number of rotatable bonds is 3. The number of hydrogen-bond donors (Lipinski definition) is 0. The van der Waals surface area contributed by atoms with Crippen LogP contribution in [0.3, 0.4) is 0 Å². The highest BCUT2D eigenvalue weighted by Crippen LogP contribution is 2.44. The van der Waals surface area contributed by atoms with E-state index in [0.717, 1.165) is 35.7 Å². The molecule has 4 heteroatoms. The molecule has 0 aliphatic carbocycles. The zero-order chi connectivity index (χ0) is 13.2. The van der Waals surface area contributed by atoms with E-state index < -0.39 is 0 Å². The molecule has 19 heavy (non-hydrogen) atoms. The summed E-state index contributed by atoms with van der Waals surface area (Å²) in [6.45, 7) is 2.14. The fourth-order valence-corrected chi connectivity index (χ4v) is 2.79. The zero-order valence-corrected chi connectivity index (χ0v) is 11.3. The van der Waals surface area contributed by atoms with Crippen molar-refractivity contribution in [2.75, 3.05) is 32.2 Å². The molecule has 0 N–H and O–H groups in total. The van der Waals surface area contributed by atoms with E-state index in [2.05, 4.69) is 9.88 Å². The van der Waals surface area contributed by atoms with Crippen LogP contribution in [0.5, 0.6) is 11.5 Å². The van der Waals surface area contributed by atoms with Crippen molar-refractivity contribution in [2.45, 2.75) is 12.8 Å². The molecule has 0 saturated carbocycles. The van der Waals surface area contributed by atoms with Crippen molar-refractivity contribution in [3.05, 3.63) is 24.5 Å². The van der Waals surface area contributed by atoms with Crippen LogP contribution in [0.25, 0.3) is 10.8 Å². The van der Waals surface area contributed by atoms with Gasteiger partial charge in [0.25, 0.3) is 0 Å². The molecule has 0 spiro atoms. The Bertz CT molecular complexity index is 592. The van der Waals surface area contributed by atoms with Gasteiger partial charge >= 0.3 is 0 Å². The Balaban J connectivity index is 2.29. The van der Waals surface area contributed by atoms with Crippen LogP contribution in [0.4, 0.5) is 5.69 Å². The summed E-state index contributed by atoms with van der Waals surface area (Å²) in [5.41, 5.74) is 1.14. The van der Waals surface area contributed by atoms with Crippen LogP contribution in [0, 0.1) is 0 Å². The summed E-state index contributed by atoms with van der Waals surface area (Å²) in [7, 11) is 3.37. The lowest BCUT2D eigenvalue weighted by molar-refractivity contribution is 0.356. The molecule has 0 bridgehead atoms. The monoisotopic (exact) mass is 258 g/mol. The number of anilines is 1. The second-order valence-electron chi connectivity index (χ2n) is 4.75. The van der Waals surface area contributed by atoms with Crippen LogP contribution >= 0.6 is 0 Å². The quantitative estimate of drug-likeness (QED) is 0.848. The predicted molar refractivity (Wildman–Crippen MR) is 76.3 cm³/mol. The van der Waals surface area contributed by atoms with E-state index in [9.17, 15) is 0 Å². The largest absolute Gasteiger partial charge is 0.493 e. The number of ether oxygens (including phenoxy) is 2. The van der Waals surface area contributed by atoms with Gasteiger partial charge in [-0.05, 0) is 25.0 Å². The topological polar surface area (TPSA) is 34.6 Å². The summed E-state index contributed by atoms with van der Waals surface area (Å²) in [5.74, 6) is 1.59. The van der Waals surface area contributed by atoms with Gasteiger partial charge in [0.1, 0.15) is 0 Å². The number of fused-ring (bicyclic) bond motifs is 1. The molecule has 1 aliphatic heterocycles. The van der Waals surface area contributed by atoms with E-state index >= 15 is 0 Å². The second-order valence-corrected chi connectivity index (χ2v) is 4.75. The molecule has 2 aromatic rings. The van der Waals surface area contributed by atoms with Crippen LogP contribution in [0.1, 0.15) is 12.8 Å². The first kappa shape index (κ1) is 12.1. The lowest BCUT2D eigenvalue weighted by atomic mass is 10.1. The zero-order valence-electron chi connectivity index (χ0n) is 11.3. The second kappa shape index (κ2) is 4.96. The van der Waals surface area contributed by atoms with E-state index in [0.29, 0.717) is 0 Å². The molecule has 1 aromatic heterocycles. The number of benzene rings is 1. The third-order valence-corrected chi connectivity index (χ3v) is 3.68. The molecule has 1 aliphatic rings. The van der Waals surface area contributed by atoms with Crippen LogP contribution < -0.4 is 14.4 Å². The van der Waals surface area contributed by atoms with E-state index in [1.165, 1.54) is 18.2 Å². The minimum absolute atomic E-state index is 0.768.